The van der Waals surface area contributed by atoms with Gasteiger partial charge in [0.1, 0.15) is 11.0 Å². The lowest BCUT2D eigenvalue weighted by Gasteiger charge is -2.08. The molecule has 1 aliphatic carbocycles. The standard InChI is InChI=1S/C11H12ClF3N2O/c12-8-6-9(17-10(16-8)7-2-3-7)18-5-1-4-11(13,14)15/h6-7H,1-5H2. The number of hydrogen-bond acceptors (Lipinski definition) is 3. The number of hydrogen-bond donors (Lipinski definition) is 0. The average molecular weight is 281 g/mol. The van der Waals surface area contributed by atoms with Gasteiger partial charge in [-0.2, -0.15) is 18.2 Å². The van der Waals surface area contributed by atoms with Crippen molar-refractivity contribution in [2.45, 2.75) is 37.8 Å². The van der Waals surface area contributed by atoms with Crippen molar-refractivity contribution in [3.8, 4) is 5.88 Å². The van der Waals surface area contributed by atoms with Crippen molar-refractivity contribution in [1.29, 1.82) is 0 Å². The highest BCUT2D eigenvalue weighted by molar-refractivity contribution is 6.29. The maximum absolute atomic E-state index is 11.9. The van der Waals surface area contributed by atoms with Crippen LogP contribution in [-0.4, -0.2) is 22.8 Å². The molecule has 3 nitrogen and oxygen atoms in total. The Labute approximate surface area is 107 Å². The number of halogens is 4. The first-order chi connectivity index (χ1) is 8.44. The van der Waals surface area contributed by atoms with Crippen molar-refractivity contribution < 1.29 is 17.9 Å². The molecule has 0 spiro atoms. The van der Waals surface area contributed by atoms with Crippen molar-refractivity contribution >= 4 is 11.6 Å². The van der Waals surface area contributed by atoms with Gasteiger partial charge in [0.2, 0.25) is 5.88 Å². The maximum atomic E-state index is 11.9. The van der Waals surface area contributed by atoms with Crippen molar-refractivity contribution in [3.05, 3.63) is 17.0 Å². The minimum atomic E-state index is -4.15. The number of aromatic nitrogens is 2. The molecule has 0 N–H and O–H groups in total. The largest absolute Gasteiger partial charge is 0.478 e. The van der Waals surface area contributed by atoms with E-state index < -0.39 is 12.6 Å². The molecule has 0 aromatic carbocycles. The summed E-state index contributed by atoms with van der Waals surface area (Å²) in [5.41, 5.74) is 0. The molecule has 18 heavy (non-hydrogen) atoms. The first-order valence-corrected chi connectivity index (χ1v) is 6.06. The topological polar surface area (TPSA) is 35.0 Å². The van der Waals surface area contributed by atoms with Gasteiger partial charge in [0.05, 0.1) is 6.61 Å². The zero-order chi connectivity index (χ0) is 13.2. The molecule has 0 bridgehead atoms. The predicted octanol–water partition coefficient (Wildman–Crippen LogP) is 3.73. The van der Waals surface area contributed by atoms with Crippen molar-refractivity contribution in [3.63, 3.8) is 0 Å². The fourth-order valence-corrected chi connectivity index (χ4v) is 1.64. The van der Waals surface area contributed by atoms with Crippen LogP contribution in [0.25, 0.3) is 0 Å². The molecular weight excluding hydrogens is 269 g/mol. The first kappa shape index (κ1) is 13.4. The second-order valence-electron chi connectivity index (χ2n) is 4.23. The van der Waals surface area contributed by atoms with Crippen LogP contribution in [0.4, 0.5) is 13.2 Å². The SMILES string of the molecule is FC(F)(F)CCCOc1cc(Cl)nc(C2CC2)n1. The Balaban J connectivity index is 1.85. The van der Waals surface area contributed by atoms with Crippen LogP contribution in [0.2, 0.25) is 5.15 Å². The monoisotopic (exact) mass is 280 g/mol. The summed E-state index contributed by atoms with van der Waals surface area (Å²) in [5, 5.41) is 0.262. The number of alkyl halides is 3. The van der Waals surface area contributed by atoms with Gasteiger partial charge in [-0.3, -0.25) is 0 Å². The van der Waals surface area contributed by atoms with Crippen LogP contribution in [0, 0.1) is 0 Å². The van der Waals surface area contributed by atoms with Crippen LogP contribution >= 0.6 is 11.6 Å². The summed E-state index contributed by atoms with van der Waals surface area (Å²) in [6, 6.07) is 1.42. The second kappa shape index (κ2) is 5.30. The molecule has 0 radical (unpaired) electrons. The van der Waals surface area contributed by atoms with Crippen LogP contribution in [0.15, 0.2) is 6.07 Å². The van der Waals surface area contributed by atoms with Gasteiger partial charge in [-0.05, 0) is 19.3 Å². The molecule has 1 aromatic heterocycles. The lowest BCUT2D eigenvalue weighted by Crippen LogP contribution is -2.10. The van der Waals surface area contributed by atoms with Crippen LogP contribution in [0.5, 0.6) is 5.88 Å². The molecule has 1 fully saturated rings. The van der Waals surface area contributed by atoms with Crippen LogP contribution in [0.3, 0.4) is 0 Å². The maximum Gasteiger partial charge on any atom is 0.389 e. The summed E-state index contributed by atoms with van der Waals surface area (Å²) in [5.74, 6) is 1.19. The van der Waals surface area contributed by atoms with E-state index in [0.717, 1.165) is 12.8 Å². The lowest BCUT2D eigenvalue weighted by atomic mass is 10.3. The van der Waals surface area contributed by atoms with Gasteiger partial charge in [-0.25, -0.2) is 4.98 Å². The van der Waals surface area contributed by atoms with E-state index in [4.69, 9.17) is 16.3 Å². The third-order valence-corrected chi connectivity index (χ3v) is 2.68. The molecule has 1 saturated carbocycles. The highest BCUT2D eigenvalue weighted by Gasteiger charge is 2.28. The summed E-state index contributed by atoms with van der Waals surface area (Å²) in [4.78, 5) is 8.19. The van der Waals surface area contributed by atoms with E-state index in [-0.39, 0.29) is 24.1 Å². The highest BCUT2D eigenvalue weighted by Crippen LogP contribution is 2.39. The fourth-order valence-electron chi connectivity index (χ4n) is 1.46. The third kappa shape index (κ3) is 4.33. The first-order valence-electron chi connectivity index (χ1n) is 5.68. The Morgan fingerprint density at radius 1 is 1.33 bits per heavy atom. The smallest absolute Gasteiger partial charge is 0.389 e. The molecular formula is C11H12ClF3N2O. The van der Waals surface area contributed by atoms with Gasteiger partial charge in [-0.15, -0.1) is 0 Å². The minimum Gasteiger partial charge on any atom is -0.478 e. The van der Waals surface area contributed by atoms with Crippen LogP contribution < -0.4 is 4.74 Å². The Kier molecular flexibility index (Phi) is 3.94. The fraction of sp³-hybridized carbons (Fsp3) is 0.636. The van der Waals surface area contributed by atoms with E-state index in [2.05, 4.69) is 9.97 Å². The Morgan fingerprint density at radius 3 is 2.67 bits per heavy atom. The van der Waals surface area contributed by atoms with Gasteiger partial charge < -0.3 is 4.74 Å². The van der Waals surface area contributed by atoms with Gasteiger partial charge >= 0.3 is 6.18 Å². The van der Waals surface area contributed by atoms with Gasteiger partial charge in [0, 0.05) is 18.4 Å². The average Bonchev–Trinajstić information content (AvgIpc) is 3.06. The van der Waals surface area contributed by atoms with Gasteiger partial charge in [0.25, 0.3) is 0 Å². The molecule has 0 saturated heterocycles. The number of ether oxygens (including phenoxy) is 1. The van der Waals surface area contributed by atoms with Crippen molar-refractivity contribution in [2.24, 2.45) is 0 Å². The Morgan fingerprint density at radius 2 is 2.06 bits per heavy atom. The minimum absolute atomic E-state index is 0.0308. The summed E-state index contributed by atoms with van der Waals surface area (Å²) >= 11 is 5.80. The van der Waals surface area contributed by atoms with E-state index in [9.17, 15) is 13.2 Å². The zero-order valence-corrected chi connectivity index (χ0v) is 10.3. The summed E-state index contributed by atoms with van der Waals surface area (Å²) in [6.07, 6.45) is -3.06. The molecule has 0 amide bonds. The second-order valence-corrected chi connectivity index (χ2v) is 4.62. The van der Waals surface area contributed by atoms with Gasteiger partial charge in [-0.1, -0.05) is 11.6 Å². The predicted molar refractivity (Wildman–Crippen MR) is 59.8 cm³/mol. The zero-order valence-electron chi connectivity index (χ0n) is 9.50. The molecule has 100 valence electrons. The molecule has 7 heteroatoms. The molecule has 0 unspecified atom stereocenters. The molecule has 1 aliphatic rings. The van der Waals surface area contributed by atoms with Crippen molar-refractivity contribution in [1.82, 2.24) is 9.97 Å². The third-order valence-electron chi connectivity index (χ3n) is 2.49. The quantitative estimate of drug-likeness (QED) is 0.609. The van der Waals surface area contributed by atoms with Crippen LogP contribution in [0.1, 0.15) is 37.4 Å². The number of rotatable bonds is 5. The number of nitrogens with zero attached hydrogens (tertiary/aromatic N) is 2. The van der Waals surface area contributed by atoms with Crippen molar-refractivity contribution in [2.75, 3.05) is 6.61 Å². The molecule has 1 heterocycles. The molecule has 0 atom stereocenters. The summed E-state index contributed by atoms with van der Waals surface area (Å²) in [7, 11) is 0. The van der Waals surface area contributed by atoms with Gasteiger partial charge in [0.15, 0.2) is 0 Å². The normalized spacial score (nSPS) is 15.8. The van der Waals surface area contributed by atoms with E-state index in [0.29, 0.717) is 11.7 Å². The molecule has 0 aliphatic heterocycles. The Bertz CT molecular complexity index is 421. The van der Waals surface area contributed by atoms with E-state index in [1.54, 1.807) is 0 Å². The van der Waals surface area contributed by atoms with E-state index in [1.807, 2.05) is 0 Å². The highest BCUT2D eigenvalue weighted by atomic mass is 35.5. The summed E-state index contributed by atoms with van der Waals surface area (Å²) < 4.78 is 40.9. The Hall–Kier alpha value is -1.04. The van der Waals surface area contributed by atoms with E-state index in [1.165, 1.54) is 6.07 Å². The van der Waals surface area contributed by atoms with E-state index >= 15 is 0 Å². The summed E-state index contributed by atoms with van der Waals surface area (Å²) in [6.45, 7) is -0.0308. The molecule has 1 aromatic rings. The van der Waals surface area contributed by atoms with Crippen LogP contribution in [-0.2, 0) is 0 Å². The lowest BCUT2D eigenvalue weighted by molar-refractivity contribution is -0.136. The molecule has 2 rings (SSSR count).